The molecular formula is C21H24Cl2N2O3. The number of carbonyl (C=O) groups excluding carboxylic acids is 2. The Kier molecular flexibility index (Phi) is 8.15. The van der Waals surface area contributed by atoms with Gasteiger partial charge in [-0.05, 0) is 49.2 Å². The predicted molar refractivity (Wildman–Crippen MR) is 112 cm³/mol. The maximum absolute atomic E-state index is 13.0. The average molecular weight is 423 g/mol. The smallest absolute Gasteiger partial charge is 0.242 e. The summed E-state index contributed by atoms with van der Waals surface area (Å²) in [4.78, 5) is 27.0. The Bertz CT molecular complexity index is 825. The van der Waals surface area contributed by atoms with Crippen LogP contribution in [0, 0.1) is 0 Å². The summed E-state index contributed by atoms with van der Waals surface area (Å²) in [6, 6.07) is 11.7. The number of amides is 2. The minimum Gasteiger partial charge on any atom is -0.497 e. The van der Waals surface area contributed by atoms with E-state index in [4.69, 9.17) is 27.9 Å². The lowest BCUT2D eigenvalue weighted by molar-refractivity contribution is -0.140. The molecule has 0 radical (unpaired) electrons. The van der Waals surface area contributed by atoms with E-state index < -0.39 is 6.04 Å². The van der Waals surface area contributed by atoms with Crippen LogP contribution >= 0.6 is 23.2 Å². The van der Waals surface area contributed by atoms with E-state index in [0.29, 0.717) is 16.6 Å². The van der Waals surface area contributed by atoms with Gasteiger partial charge in [-0.1, -0.05) is 41.4 Å². The summed E-state index contributed by atoms with van der Waals surface area (Å²) < 4.78 is 5.15. The highest BCUT2D eigenvalue weighted by molar-refractivity contribution is 6.35. The van der Waals surface area contributed by atoms with E-state index >= 15 is 0 Å². The molecule has 0 aromatic heterocycles. The minimum absolute atomic E-state index is 0.166. The Labute approximate surface area is 175 Å². The van der Waals surface area contributed by atoms with Gasteiger partial charge in [0.25, 0.3) is 0 Å². The maximum atomic E-state index is 13.0. The highest BCUT2D eigenvalue weighted by Crippen LogP contribution is 2.23. The second-order valence-electron chi connectivity index (χ2n) is 6.35. The minimum atomic E-state index is -0.641. The highest BCUT2D eigenvalue weighted by atomic mass is 35.5. The van der Waals surface area contributed by atoms with E-state index in [0.717, 1.165) is 16.9 Å². The topological polar surface area (TPSA) is 58.6 Å². The van der Waals surface area contributed by atoms with Crippen molar-refractivity contribution in [3.05, 3.63) is 63.6 Å². The number of halogens is 2. The zero-order valence-corrected chi connectivity index (χ0v) is 17.7. The molecule has 0 saturated heterocycles. The Balaban J connectivity index is 2.24. The van der Waals surface area contributed by atoms with Crippen molar-refractivity contribution in [1.29, 1.82) is 0 Å². The summed E-state index contributed by atoms with van der Waals surface area (Å²) in [5.41, 5.74) is 1.56. The Morgan fingerprint density at radius 3 is 2.39 bits per heavy atom. The van der Waals surface area contributed by atoms with Crippen LogP contribution in [0.4, 0.5) is 0 Å². The van der Waals surface area contributed by atoms with Crippen LogP contribution in [0.25, 0.3) is 0 Å². The summed E-state index contributed by atoms with van der Waals surface area (Å²) in [5, 5.41) is 3.74. The molecule has 0 aliphatic heterocycles. The van der Waals surface area contributed by atoms with E-state index in [1.54, 1.807) is 44.4 Å². The fourth-order valence-electron chi connectivity index (χ4n) is 2.76. The van der Waals surface area contributed by atoms with Crippen molar-refractivity contribution in [3.8, 4) is 5.75 Å². The zero-order valence-electron chi connectivity index (χ0n) is 16.2. The Morgan fingerprint density at radius 1 is 1.14 bits per heavy atom. The largest absolute Gasteiger partial charge is 0.497 e. The van der Waals surface area contributed by atoms with Crippen LogP contribution in [0.2, 0.25) is 10.0 Å². The fourth-order valence-corrected chi connectivity index (χ4v) is 3.23. The molecule has 28 heavy (non-hydrogen) atoms. The summed E-state index contributed by atoms with van der Waals surface area (Å²) in [7, 11) is 1.59. The van der Waals surface area contributed by atoms with Crippen LogP contribution in [0.3, 0.4) is 0 Å². The molecule has 0 fully saturated rings. The molecule has 0 bridgehead atoms. The normalized spacial score (nSPS) is 11.6. The monoisotopic (exact) mass is 422 g/mol. The second kappa shape index (κ2) is 10.3. The molecule has 2 rings (SSSR count). The van der Waals surface area contributed by atoms with E-state index in [1.807, 2.05) is 19.1 Å². The van der Waals surface area contributed by atoms with Gasteiger partial charge >= 0.3 is 0 Å². The highest BCUT2D eigenvalue weighted by Gasteiger charge is 2.26. The summed E-state index contributed by atoms with van der Waals surface area (Å²) >= 11 is 12.2. The van der Waals surface area contributed by atoms with Crippen LogP contribution in [0.15, 0.2) is 42.5 Å². The lowest BCUT2D eigenvalue weighted by Gasteiger charge is -2.29. The number of ether oxygens (including phenoxy) is 1. The van der Waals surface area contributed by atoms with Gasteiger partial charge < -0.3 is 15.0 Å². The van der Waals surface area contributed by atoms with Crippen LogP contribution in [0.5, 0.6) is 5.75 Å². The summed E-state index contributed by atoms with van der Waals surface area (Å²) in [5.74, 6) is 0.335. The molecule has 1 atom stereocenters. The molecule has 0 spiro atoms. The maximum Gasteiger partial charge on any atom is 0.242 e. The molecule has 5 nitrogen and oxygen atoms in total. The number of methoxy groups -OCH3 is 1. The second-order valence-corrected chi connectivity index (χ2v) is 7.20. The molecule has 0 unspecified atom stereocenters. The van der Waals surface area contributed by atoms with Gasteiger partial charge in [0.1, 0.15) is 11.8 Å². The van der Waals surface area contributed by atoms with Gasteiger partial charge in [0.2, 0.25) is 11.8 Å². The molecule has 2 aromatic carbocycles. The quantitative estimate of drug-likeness (QED) is 0.696. The van der Waals surface area contributed by atoms with Crippen molar-refractivity contribution in [3.63, 3.8) is 0 Å². The Hall–Kier alpha value is -2.24. The molecule has 2 amide bonds. The first kappa shape index (κ1) is 22.1. The van der Waals surface area contributed by atoms with Gasteiger partial charge in [-0.3, -0.25) is 9.59 Å². The molecule has 0 saturated carbocycles. The van der Waals surface area contributed by atoms with Gasteiger partial charge in [0.05, 0.1) is 13.5 Å². The predicted octanol–water partition coefficient (Wildman–Crippen LogP) is 4.10. The summed E-state index contributed by atoms with van der Waals surface area (Å²) in [6.07, 6.45) is 0.166. The zero-order chi connectivity index (χ0) is 20.7. The number of likely N-dealkylation sites (N-methyl/N-ethyl adjacent to an activating group) is 1. The van der Waals surface area contributed by atoms with Crippen molar-refractivity contribution >= 4 is 35.0 Å². The fraction of sp³-hybridized carbons (Fsp3) is 0.333. The number of nitrogens with one attached hydrogen (secondary N) is 1. The van der Waals surface area contributed by atoms with Crippen molar-refractivity contribution in [1.82, 2.24) is 10.2 Å². The van der Waals surface area contributed by atoms with Crippen molar-refractivity contribution in [2.24, 2.45) is 0 Å². The first-order chi connectivity index (χ1) is 13.3. The molecule has 0 aliphatic carbocycles. The van der Waals surface area contributed by atoms with Crippen molar-refractivity contribution in [2.75, 3.05) is 13.7 Å². The van der Waals surface area contributed by atoms with Crippen molar-refractivity contribution in [2.45, 2.75) is 32.9 Å². The van der Waals surface area contributed by atoms with Gasteiger partial charge in [0, 0.05) is 23.1 Å². The Morgan fingerprint density at radius 2 is 1.82 bits per heavy atom. The van der Waals surface area contributed by atoms with Gasteiger partial charge in [-0.2, -0.15) is 0 Å². The van der Waals surface area contributed by atoms with Crippen LogP contribution in [0.1, 0.15) is 25.0 Å². The standard InChI is InChI=1S/C21H24Cl2N2O3/c1-4-24-21(27)14(2)25(13-16-7-8-17(22)12-19(16)23)20(26)11-15-5-9-18(28-3)10-6-15/h5-10,12,14H,4,11,13H2,1-3H3,(H,24,27)/t14-/m0/s1. The first-order valence-corrected chi connectivity index (χ1v) is 9.75. The van der Waals surface area contributed by atoms with Crippen LogP contribution < -0.4 is 10.1 Å². The van der Waals surface area contributed by atoms with Crippen molar-refractivity contribution < 1.29 is 14.3 Å². The number of carbonyl (C=O) groups is 2. The van der Waals surface area contributed by atoms with E-state index in [-0.39, 0.29) is 24.8 Å². The number of hydrogen-bond donors (Lipinski definition) is 1. The third kappa shape index (κ3) is 5.88. The number of hydrogen-bond acceptors (Lipinski definition) is 3. The van der Waals surface area contributed by atoms with E-state index in [9.17, 15) is 9.59 Å². The number of benzene rings is 2. The van der Waals surface area contributed by atoms with Crippen LogP contribution in [-0.2, 0) is 22.6 Å². The molecule has 7 heteroatoms. The van der Waals surface area contributed by atoms with Gasteiger partial charge in [0.15, 0.2) is 0 Å². The van der Waals surface area contributed by atoms with E-state index in [1.165, 1.54) is 4.90 Å². The first-order valence-electron chi connectivity index (χ1n) is 8.99. The number of rotatable bonds is 8. The molecular weight excluding hydrogens is 399 g/mol. The molecule has 150 valence electrons. The van der Waals surface area contributed by atoms with E-state index in [2.05, 4.69) is 5.32 Å². The SMILES string of the molecule is CCNC(=O)[C@H](C)N(Cc1ccc(Cl)cc1Cl)C(=O)Cc1ccc(OC)cc1. The lowest BCUT2D eigenvalue weighted by Crippen LogP contribution is -2.48. The third-order valence-corrected chi connectivity index (χ3v) is 4.98. The van der Waals surface area contributed by atoms with Crippen LogP contribution in [-0.4, -0.2) is 36.4 Å². The number of nitrogens with zero attached hydrogens (tertiary/aromatic N) is 1. The molecule has 2 aromatic rings. The lowest BCUT2D eigenvalue weighted by atomic mass is 10.1. The molecule has 1 N–H and O–H groups in total. The summed E-state index contributed by atoms with van der Waals surface area (Å²) in [6.45, 7) is 4.25. The third-order valence-electron chi connectivity index (χ3n) is 4.39. The molecule has 0 aliphatic rings. The molecule has 0 heterocycles. The van der Waals surface area contributed by atoms with Gasteiger partial charge in [-0.25, -0.2) is 0 Å². The van der Waals surface area contributed by atoms with Gasteiger partial charge in [-0.15, -0.1) is 0 Å². The average Bonchev–Trinajstić information content (AvgIpc) is 2.67.